The fraction of sp³-hybridized carbons (Fsp3) is 0.364. The third kappa shape index (κ3) is 2.76. The van der Waals surface area contributed by atoms with Gasteiger partial charge in [0, 0.05) is 6.20 Å². The number of nitrogens with one attached hydrogen (secondary N) is 1. The quantitative estimate of drug-likeness (QED) is 0.848. The average molecular weight is 221 g/mol. The monoisotopic (exact) mass is 221 g/mol. The predicted molar refractivity (Wildman–Crippen MR) is 56.8 cm³/mol. The van der Waals surface area contributed by atoms with Crippen molar-refractivity contribution in [2.24, 2.45) is 11.8 Å². The van der Waals surface area contributed by atoms with Gasteiger partial charge in [-0.1, -0.05) is 13.8 Å². The van der Waals surface area contributed by atoms with Crippen molar-refractivity contribution in [1.29, 1.82) is 5.26 Å². The third-order valence-electron chi connectivity index (χ3n) is 2.12. The summed E-state index contributed by atoms with van der Waals surface area (Å²) in [5.41, 5.74) is 0.0425. The molecule has 1 atom stereocenters. The first kappa shape index (κ1) is 12.1. The van der Waals surface area contributed by atoms with Crippen LogP contribution in [0.5, 0.6) is 0 Å². The van der Waals surface area contributed by atoms with Gasteiger partial charge in [-0.25, -0.2) is 4.39 Å². The smallest absolute Gasteiger partial charge is 0.242 e. The van der Waals surface area contributed by atoms with Gasteiger partial charge in [-0.15, -0.1) is 0 Å². The lowest BCUT2D eigenvalue weighted by Crippen LogP contribution is -2.26. The van der Waals surface area contributed by atoms with Crippen LogP contribution in [-0.4, -0.2) is 10.9 Å². The largest absolute Gasteiger partial charge is 0.322 e. The minimum absolute atomic E-state index is 0.0425. The summed E-state index contributed by atoms with van der Waals surface area (Å²) >= 11 is 0. The van der Waals surface area contributed by atoms with Gasteiger partial charge in [0.2, 0.25) is 5.91 Å². The maximum Gasteiger partial charge on any atom is 0.242 e. The van der Waals surface area contributed by atoms with Crippen molar-refractivity contribution in [3.63, 3.8) is 0 Å². The molecule has 1 aromatic rings. The fourth-order valence-electron chi connectivity index (χ4n) is 1.20. The Balaban J connectivity index is 2.79. The van der Waals surface area contributed by atoms with Crippen LogP contribution in [0.2, 0.25) is 0 Å². The van der Waals surface area contributed by atoms with Gasteiger partial charge in [0.05, 0.1) is 18.0 Å². The molecule has 1 N–H and O–H groups in total. The van der Waals surface area contributed by atoms with Gasteiger partial charge in [0.25, 0.3) is 0 Å². The highest BCUT2D eigenvalue weighted by molar-refractivity contribution is 5.94. The molecule has 0 aliphatic carbocycles. The van der Waals surface area contributed by atoms with E-state index in [9.17, 15) is 9.18 Å². The Labute approximate surface area is 93.1 Å². The standard InChI is InChI=1S/C11H12FN3O/c1-7(2)8(5-13)11(16)15-10-3-4-14-6-9(10)12/h3-4,6-8H,1-2H3,(H,14,15,16). The van der Waals surface area contributed by atoms with Crippen LogP contribution in [0.25, 0.3) is 0 Å². The molecule has 1 heterocycles. The number of nitriles is 1. The van der Waals surface area contributed by atoms with Gasteiger partial charge in [-0.2, -0.15) is 5.26 Å². The molecule has 0 bridgehead atoms. The number of hydrogen-bond donors (Lipinski definition) is 1. The van der Waals surface area contributed by atoms with E-state index in [1.54, 1.807) is 13.8 Å². The van der Waals surface area contributed by atoms with Gasteiger partial charge in [0.15, 0.2) is 5.82 Å². The number of carbonyl (C=O) groups is 1. The molecule has 16 heavy (non-hydrogen) atoms. The summed E-state index contributed by atoms with van der Waals surface area (Å²) < 4.78 is 13.2. The molecule has 0 aliphatic rings. The van der Waals surface area contributed by atoms with Crippen LogP contribution in [-0.2, 0) is 4.79 Å². The molecule has 1 rings (SSSR count). The summed E-state index contributed by atoms with van der Waals surface area (Å²) in [4.78, 5) is 15.2. The fourth-order valence-corrected chi connectivity index (χ4v) is 1.20. The summed E-state index contributed by atoms with van der Waals surface area (Å²) in [6.07, 6.45) is 2.38. The SMILES string of the molecule is CC(C)C(C#N)C(=O)Nc1ccncc1F. The Kier molecular flexibility index (Phi) is 3.95. The Bertz CT molecular complexity index is 425. The molecule has 1 aromatic heterocycles. The number of pyridine rings is 1. The zero-order chi connectivity index (χ0) is 12.1. The normalized spacial score (nSPS) is 11.9. The molecule has 0 fully saturated rings. The first-order valence-electron chi connectivity index (χ1n) is 4.86. The molecule has 0 aromatic carbocycles. The molecule has 0 saturated carbocycles. The summed E-state index contributed by atoms with van der Waals surface area (Å²) in [6, 6.07) is 3.24. The first-order chi connectivity index (χ1) is 7.56. The Morgan fingerprint density at radius 1 is 1.62 bits per heavy atom. The molecule has 4 nitrogen and oxygen atoms in total. The van der Waals surface area contributed by atoms with Crippen LogP contribution >= 0.6 is 0 Å². The minimum atomic E-state index is -0.785. The number of nitrogens with zero attached hydrogens (tertiary/aromatic N) is 2. The third-order valence-corrected chi connectivity index (χ3v) is 2.12. The summed E-state index contributed by atoms with van der Waals surface area (Å²) in [6.45, 7) is 3.52. The lowest BCUT2D eigenvalue weighted by Gasteiger charge is -2.13. The molecule has 1 amide bonds. The van der Waals surface area contributed by atoms with Crippen LogP contribution in [0.3, 0.4) is 0 Å². The van der Waals surface area contributed by atoms with E-state index >= 15 is 0 Å². The van der Waals surface area contributed by atoms with Crippen LogP contribution in [0.4, 0.5) is 10.1 Å². The highest BCUT2D eigenvalue weighted by Crippen LogP contribution is 2.15. The Morgan fingerprint density at radius 3 is 2.81 bits per heavy atom. The molecular weight excluding hydrogens is 209 g/mol. The lowest BCUT2D eigenvalue weighted by molar-refractivity contribution is -0.119. The van der Waals surface area contributed by atoms with Crippen molar-refractivity contribution >= 4 is 11.6 Å². The number of aromatic nitrogens is 1. The van der Waals surface area contributed by atoms with Gasteiger partial charge < -0.3 is 5.32 Å². The van der Waals surface area contributed by atoms with E-state index < -0.39 is 17.6 Å². The van der Waals surface area contributed by atoms with E-state index in [0.717, 1.165) is 6.20 Å². The van der Waals surface area contributed by atoms with Crippen LogP contribution in [0, 0.1) is 29.0 Å². The average Bonchev–Trinajstić information content (AvgIpc) is 2.22. The number of halogens is 1. The molecular formula is C11H12FN3O. The lowest BCUT2D eigenvalue weighted by atomic mass is 9.96. The van der Waals surface area contributed by atoms with Crippen molar-refractivity contribution in [3.05, 3.63) is 24.3 Å². The topological polar surface area (TPSA) is 65.8 Å². The number of carbonyl (C=O) groups excluding carboxylic acids is 1. The molecule has 1 unspecified atom stereocenters. The highest BCUT2D eigenvalue weighted by Gasteiger charge is 2.22. The molecule has 0 radical (unpaired) electrons. The maximum atomic E-state index is 13.2. The zero-order valence-corrected chi connectivity index (χ0v) is 9.07. The first-order valence-corrected chi connectivity index (χ1v) is 4.86. The number of hydrogen-bond acceptors (Lipinski definition) is 3. The summed E-state index contributed by atoms with van der Waals surface area (Å²) in [7, 11) is 0. The number of amides is 1. The van der Waals surface area contributed by atoms with E-state index in [2.05, 4.69) is 10.3 Å². The van der Waals surface area contributed by atoms with Gasteiger partial charge >= 0.3 is 0 Å². The second-order valence-corrected chi connectivity index (χ2v) is 3.70. The molecule has 84 valence electrons. The molecule has 0 aliphatic heterocycles. The van der Waals surface area contributed by atoms with Crippen molar-refractivity contribution in [2.75, 3.05) is 5.32 Å². The Morgan fingerprint density at radius 2 is 2.31 bits per heavy atom. The van der Waals surface area contributed by atoms with Gasteiger partial charge in [-0.05, 0) is 12.0 Å². The van der Waals surface area contributed by atoms with E-state index in [0.29, 0.717) is 0 Å². The molecule has 0 saturated heterocycles. The highest BCUT2D eigenvalue weighted by atomic mass is 19.1. The zero-order valence-electron chi connectivity index (χ0n) is 9.07. The minimum Gasteiger partial charge on any atom is -0.322 e. The van der Waals surface area contributed by atoms with Gasteiger partial charge in [-0.3, -0.25) is 9.78 Å². The molecule has 0 spiro atoms. The van der Waals surface area contributed by atoms with Crippen LogP contribution in [0.1, 0.15) is 13.8 Å². The van der Waals surface area contributed by atoms with Crippen molar-refractivity contribution in [1.82, 2.24) is 4.98 Å². The van der Waals surface area contributed by atoms with E-state index in [4.69, 9.17) is 5.26 Å². The number of anilines is 1. The maximum absolute atomic E-state index is 13.2. The van der Waals surface area contributed by atoms with Gasteiger partial charge in [0.1, 0.15) is 5.92 Å². The number of rotatable bonds is 3. The van der Waals surface area contributed by atoms with Crippen LogP contribution in [0.15, 0.2) is 18.5 Å². The second-order valence-electron chi connectivity index (χ2n) is 3.70. The summed E-state index contributed by atoms with van der Waals surface area (Å²) in [5.74, 6) is -2.01. The summed E-state index contributed by atoms with van der Waals surface area (Å²) in [5, 5.41) is 11.2. The predicted octanol–water partition coefficient (Wildman–Crippen LogP) is 1.95. The van der Waals surface area contributed by atoms with Crippen molar-refractivity contribution in [3.8, 4) is 6.07 Å². The Hall–Kier alpha value is -1.96. The van der Waals surface area contributed by atoms with Crippen molar-refractivity contribution in [2.45, 2.75) is 13.8 Å². The van der Waals surface area contributed by atoms with E-state index in [-0.39, 0.29) is 11.6 Å². The van der Waals surface area contributed by atoms with Crippen LogP contribution < -0.4 is 5.32 Å². The van der Waals surface area contributed by atoms with E-state index in [1.165, 1.54) is 12.3 Å². The molecule has 5 heteroatoms. The van der Waals surface area contributed by atoms with E-state index in [1.807, 2.05) is 6.07 Å². The van der Waals surface area contributed by atoms with Crippen molar-refractivity contribution < 1.29 is 9.18 Å². The second kappa shape index (κ2) is 5.21.